The van der Waals surface area contributed by atoms with Gasteiger partial charge in [0.05, 0.1) is 40.3 Å². The molecule has 6 fully saturated rings. The third kappa shape index (κ3) is 4.99. The monoisotopic (exact) mass is 572 g/mol. The molecule has 0 spiro atoms. The van der Waals surface area contributed by atoms with Crippen molar-refractivity contribution in [3.63, 3.8) is 0 Å². The normalized spacial score (nSPS) is 46.9. The summed E-state index contributed by atoms with van der Waals surface area (Å²) < 4.78 is 14.7. The fourth-order valence-corrected chi connectivity index (χ4v) is 12.3. The van der Waals surface area contributed by atoms with Crippen molar-refractivity contribution >= 4 is 11.9 Å². The highest BCUT2D eigenvalue weighted by molar-refractivity contribution is 5.66. The molecule has 0 aromatic rings. The van der Waals surface area contributed by atoms with Gasteiger partial charge >= 0.3 is 11.9 Å². The van der Waals surface area contributed by atoms with Gasteiger partial charge in [0, 0.05) is 32.1 Å². The number of hydrogen-bond donors (Lipinski definition) is 0. The van der Waals surface area contributed by atoms with E-state index in [1.165, 1.54) is 103 Å². The first-order valence-electron chi connectivity index (χ1n) is 17.4. The van der Waals surface area contributed by atoms with Gasteiger partial charge in [-0.15, -0.1) is 0 Å². The van der Waals surface area contributed by atoms with Crippen molar-refractivity contribution in [3.8, 4) is 0 Å². The third-order valence-corrected chi connectivity index (χ3v) is 14.5. The van der Waals surface area contributed by atoms with Gasteiger partial charge in [-0.1, -0.05) is 13.8 Å². The first-order chi connectivity index (χ1) is 19.4. The summed E-state index contributed by atoms with van der Waals surface area (Å²) in [5.74, 6) is 2.52. The lowest BCUT2D eigenvalue weighted by Crippen LogP contribution is -2.66. The summed E-state index contributed by atoms with van der Waals surface area (Å²) in [6.45, 7) is 13.3. The second-order valence-corrected chi connectivity index (χ2v) is 16.7. The first-order valence-corrected chi connectivity index (χ1v) is 17.4. The number of carbonyl (C=O) groups is 2. The lowest BCUT2D eigenvalue weighted by Gasteiger charge is -2.63. The number of hydrogen-bond acceptors (Lipinski definition) is 4. The van der Waals surface area contributed by atoms with Gasteiger partial charge in [-0.25, -0.2) is 0 Å². The van der Waals surface area contributed by atoms with Gasteiger partial charge in [-0.3, -0.25) is 9.59 Å². The van der Waals surface area contributed by atoms with Gasteiger partial charge in [-0.2, -0.15) is 0 Å². The van der Waals surface area contributed by atoms with E-state index in [0.717, 1.165) is 21.3 Å². The van der Waals surface area contributed by atoms with Gasteiger partial charge in [0.25, 0.3) is 0 Å². The van der Waals surface area contributed by atoms with Crippen LogP contribution in [-0.2, 0) is 19.1 Å². The van der Waals surface area contributed by atoms with E-state index in [1.807, 2.05) is 0 Å². The molecule has 4 aliphatic carbocycles. The summed E-state index contributed by atoms with van der Waals surface area (Å²) in [5.41, 5.74) is 0.377. The number of likely N-dealkylation sites (N-methyl/N-ethyl adjacent to an activating group) is 2. The smallest absolute Gasteiger partial charge is 0.303 e. The number of nitrogens with zero attached hydrogens (tertiary/aromatic N) is 2. The molecule has 10 atom stereocenters. The summed E-state index contributed by atoms with van der Waals surface area (Å²) >= 11 is 0. The second-order valence-electron chi connectivity index (χ2n) is 16.7. The predicted molar refractivity (Wildman–Crippen MR) is 161 cm³/mol. The number of piperidine rings is 2. The zero-order valence-electron chi connectivity index (χ0n) is 27.2. The van der Waals surface area contributed by atoms with E-state index in [-0.39, 0.29) is 29.6 Å². The molecule has 6 nitrogen and oxygen atoms in total. The molecule has 41 heavy (non-hydrogen) atoms. The lowest BCUT2D eigenvalue weighted by molar-refractivity contribution is -0.943. The standard InChI is InChI=1S/C35H60N2O4/c1-24(38)40-32-21-26-13-14-27-28(35(26,4)23-31(32)37(6)19-11-8-12-20-37)15-16-34(3)29(27)22-30(33(34)41-25(2)39)36(5)17-9-7-10-18-36/h26-33H,7-23H2,1-6H3/q+2/t26-,27?,28?,29?,30?,31?,32-,33?,34?,35?/m0/s1. The Hall–Kier alpha value is -1.14. The van der Waals surface area contributed by atoms with Crippen molar-refractivity contribution in [1.29, 1.82) is 0 Å². The van der Waals surface area contributed by atoms with Crippen LogP contribution >= 0.6 is 0 Å². The van der Waals surface area contributed by atoms with Gasteiger partial charge in [0.2, 0.25) is 0 Å². The van der Waals surface area contributed by atoms with Crippen LogP contribution in [0.4, 0.5) is 0 Å². The summed E-state index contributed by atoms with van der Waals surface area (Å²) in [4.78, 5) is 24.8. The van der Waals surface area contributed by atoms with E-state index in [9.17, 15) is 9.59 Å². The van der Waals surface area contributed by atoms with Crippen LogP contribution in [0.1, 0.15) is 111 Å². The highest BCUT2D eigenvalue weighted by Gasteiger charge is 2.68. The maximum atomic E-state index is 12.5. The molecule has 0 bridgehead atoms. The van der Waals surface area contributed by atoms with Crippen LogP contribution in [0.15, 0.2) is 0 Å². The fraction of sp³-hybridized carbons (Fsp3) is 0.943. The minimum absolute atomic E-state index is 0.0462. The van der Waals surface area contributed by atoms with Crippen LogP contribution in [0.3, 0.4) is 0 Å². The quantitative estimate of drug-likeness (QED) is 0.301. The molecule has 2 heterocycles. The molecule has 6 aliphatic rings. The van der Waals surface area contributed by atoms with Crippen molar-refractivity contribution in [2.24, 2.45) is 34.5 Å². The SMILES string of the molecule is CC(=O)OC1C([N+]2(C)CCCCC2)CC2C3CC[C@H]4C[C@H](OC(C)=O)C([N+]5(C)CCCCC5)CC4(C)C3CCC21C. The average molecular weight is 573 g/mol. The molecule has 4 saturated carbocycles. The second kappa shape index (κ2) is 10.8. The lowest BCUT2D eigenvalue weighted by atomic mass is 9.44. The fourth-order valence-electron chi connectivity index (χ4n) is 12.3. The number of rotatable bonds is 4. The molecule has 0 radical (unpaired) electrons. The molecule has 0 aromatic carbocycles. The van der Waals surface area contributed by atoms with Crippen molar-refractivity contribution in [1.82, 2.24) is 0 Å². The van der Waals surface area contributed by atoms with E-state index < -0.39 is 0 Å². The van der Waals surface area contributed by atoms with Crippen LogP contribution in [0.25, 0.3) is 0 Å². The van der Waals surface area contributed by atoms with Crippen LogP contribution in [-0.4, -0.2) is 85.5 Å². The highest BCUT2D eigenvalue weighted by Crippen LogP contribution is 2.68. The topological polar surface area (TPSA) is 52.6 Å². The summed E-state index contributed by atoms with van der Waals surface area (Å²) in [7, 11) is 4.94. The number of ether oxygens (including phenoxy) is 2. The van der Waals surface area contributed by atoms with E-state index in [4.69, 9.17) is 9.47 Å². The van der Waals surface area contributed by atoms with E-state index in [1.54, 1.807) is 13.8 Å². The van der Waals surface area contributed by atoms with Crippen molar-refractivity contribution in [2.45, 2.75) is 135 Å². The Morgan fingerprint density at radius 3 is 1.85 bits per heavy atom. The molecule has 2 aliphatic heterocycles. The number of esters is 2. The van der Waals surface area contributed by atoms with Gasteiger partial charge < -0.3 is 18.4 Å². The Morgan fingerprint density at radius 1 is 0.683 bits per heavy atom. The molecule has 6 rings (SSSR count). The Balaban J connectivity index is 1.31. The van der Waals surface area contributed by atoms with Gasteiger partial charge in [0.1, 0.15) is 12.1 Å². The molecule has 2 saturated heterocycles. The Bertz CT molecular complexity index is 1000. The Morgan fingerprint density at radius 2 is 1.27 bits per heavy atom. The average Bonchev–Trinajstić information content (AvgIpc) is 3.21. The van der Waals surface area contributed by atoms with Gasteiger partial charge in [0.15, 0.2) is 12.2 Å². The van der Waals surface area contributed by atoms with Crippen molar-refractivity contribution in [3.05, 3.63) is 0 Å². The third-order valence-electron chi connectivity index (χ3n) is 14.5. The molecule has 0 N–H and O–H groups in total. The number of fused-ring (bicyclic) bond motifs is 5. The molecular formula is C35H60N2O4+2. The molecule has 6 heteroatoms. The zero-order valence-corrected chi connectivity index (χ0v) is 27.2. The first kappa shape index (κ1) is 29.9. The summed E-state index contributed by atoms with van der Waals surface area (Å²) in [6.07, 6.45) is 16.4. The van der Waals surface area contributed by atoms with Crippen LogP contribution in [0, 0.1) is 34.5 Å². The molecule has 8 unspecified atom stereocenters. The van der Waals surface area contributed by atoms with Crippen LogP contribution < -0.4 is 0 Å². The minimum Gasteiger partial charge on any atom is -0.456 e. The van der Waals surface area contributed by atoms with Gasteiger partial charge in [-0.05, 0) is 99.7 Å². The molecule has 0 amide bonds. The summed E-state index contributed by atoms with van der Waals surface area (Å²) in [6, 6.07) is 0.846. The number of carbonyl (C=O) groups excluding carboxylic acids is 2. The molecule has 0 aromatic heterocycles. The maximum Gasteiger partial charge on any atom is 0.303 e. The summed E-state index contributed by atoms with van der Waals surface area (Å²) in [5, 5.41) is 0. The minimum atomic E-state index is -0.0998. The molecular weight excluding hydrogens is 512 g/mol. The van der Waals surface area contributed by atoms with E-state index >= 15 is 0 Å². The Labute approximate surface area is 250 Å². The van der Waals surface area contributed by atoms with Crippen LogP contribution in [0.2, 0.25) is 0 Å². The van der Waals surface area contributed by atoms with Crippen LogP contribution in [0.5, 0.6) is 0 Å². The number of quaternary nitrogens is 2. The van der Waals surface area contributed by atoms with E-state index in [2.05, 4.69) is 27.9 Å². The zero-order chi connectivity index (χ0) is 29.2. The van der Waals surface area contributed by atoms with E-state index in [0.29, 0.717) is 35.3 Å². The van der Waals surface area contributed by atoms with Crippen molar-refractivity contribution < 1.29 is 28.0 Å². The number of likely N-dealkylation sites (tertiary alicyclic amines) is 2. The predicted octanol–water partition coefficient (Wildman–Crippen LogP) is 6.11. The molecule has 232 valence electrons. The Kier molecular flexibility index (Phi) is 7.87. The maximum absolute atomic E-state index is 12.5. The largest absolute Gasteiger partial charge is 0.456 e. The van der Waals surface area contributed by atoms with Crippen molar-refractivity contribution in [2.75, 3.05) is 40.3 Å². The highest BCUT2D eigenvalue weighted by atomic mass is 16.5.